The number of nitrogens with zero attached hydrogens (tertiary/aromatic N) is 2. The van der Waals surface area contributed by atoms with Gasteiger partial charge in [0.15, 0.2) is 0 Å². The van der Waals surface area contributed by atoms with Gasteiger partial charge in [-0.1, -0.05) is 53.5 Å². The SMILES string of the molecule is CN1CCCC(COc2ccc(C3c4[nH]c5ccc(Cl)cc5c4CCN3C(=O)OCc3ccccc3Cl)cc2)C1. The molecule has 1 N–H and O–H groups in total. The van der Waals surface area contributed by atoms with Gasteiger partial charge in [-0.3, -0.25) is 4.90 Å². The smallest absolute Gasteiger partial charge is 0.410 e. The number of likely N-dealkylation sites (tertiary alicyclic amines) is 1. The lowest BCUT2D eigenvalue weighted by Crippen LogP contribution is -2.40. The van der Waals surface area contributed by atoms with Gasteiger partial charge in [0, 0.05) is 51.2 Å². The first kappa shape index (κ1) is 27.0. The van der Waals surface area contributed by atoms with Crippen LogP contribution in [0, 0.1) is 5.92 Å². The van der Waals surface area contributed by atoms with E-state index in [1.54, 1.807) is 11.0 Å². The van der Waals surface area contributed by atoms with Crippen LogP contribution in [-0.4, -0.2) is 54.2 Å². The van der Waals surface area contributed by atoms with Gasteiger partial charge in [0.1, 0.15) is 18.4 Å². The zero-order valence-electron chi connectivity index (χ0n) is 22.5. The number of amides is 1. The van der Waals surface area contributed by atoms with Gasteiger partial charge in [0.2, 0.25) is 0 Å². The Hall–Kier alpha value is -3.19. The average Bonchev–Trinajstić information content (AvgIpc) is 3.33. The van der Waals surface area contributed by atoms with Crippen molar-refractivity contribution in [1.82, 2.24) is 14.8 Å². The number of carbonyl (C=O) groups excluding carboxylic acids is 1. The first-order valence-electron chi connectivity index (χ1n) is 13.8. The number of carbonyl (C=O) groups is 1. The highest BCUT2D eigenvalue weighted by molar-refractivity contribution is 6.31. The number of ether oxygens (including phenoxy) is 2. The third-order valence-electron chi connectivity index (χ3n) is 8.04. The molecule has 0 bridgehead atoms. The molecule has 1 aromatic heterocycles. The van der Waals surface area contributed by atoms with Crippen LogP contribution < -0.4 is 4.74 Å². The second kappa shape index (κ2) is 11.7. The molecule has 0 spiro atoms. The summed E-state index contributed by atoms with van der Waals surface area (Å²) in [5, 5.41) is 2.36. The second-order valence-electron chi connectivity index (χ2n) is 10.8. The van der Waals surface area contributed by atoms with E-state index in [4.69, 9.17) is 32.7 Å². The molecule has 2 unspecified atom stereocenters. The summed E-state index contributed by atoms with van der Waals surface area (Å²) < 4.78 is 12.0. The lowest BCUT2D eigenvalue weighted by atomic mass is 9.92. The molecule has 6 nitrogen and oxygen atoms in total. The minimum Gasteiger partial charge on any atom is -0.493 e. The van der Waals surface area contributed by atoms with Gasteiger partial charge < -0.3 is 19.4 Å². The van der Waals surface area contributed by atoms with Gasteiger partial charge >= 0.3 is 6.09 Å². The van der Waals surface area contributed by atoms with Gasteiger partial charge in [-0.05, 0) is 80.4 Å². The van der Waals surface area contributed by atoms with Crippen molar-refractivity contribution in [2.75, 3.05) is 33.3 Å². The topological polar surface area (TPSA) is 57.8 Å². The third-order valence-corrected chi connectivity index (χ3v) is 8.64. The van der Waals surface area contributed by atoms with Crippen LogP contribution in [0.1, 0.15) is 41.3 Å². The molecule has 1 saturated heterocycles. The summed E-state index contributed by atoms with van der Waals surface area (Å²) in [6.07, 6.45) is 2.73. The van der Waals surface area contributed by atoms with Gasteiger partial charge in [-0.15, -0.1) is 0 Å². The van der Waals surface area contributed by atoms with E-state index in [0.717, 1.165) is 46.6 Å². The number of piperidine rings is 1. The Morgan fingerprint density at radius 1 is 1.05 bits per heavy atom. The standard InChI is InChI=1S/C32H33Cl2N3O3/c1-36-15-4-5-21(18-36)19-39-25-11-8-22(9-12-25)31-30-26(27-17-24(33)10-13-29(27)35-30)14-16-37(31)32(38)40-20-23-6-2-3-7-28(23)34/h2-3,6-13,17,21,31,35H,4-5,14-16,18-20H2,1H3. The van der Waals surface area contributed by atoms with Crippen LogP contribution in [0.5, 0.6) is 5.75 Å². The van der Waals surface area contributed by atoms with Crippen LogP contribution in [0.3, 0.4) is 0 Å². The van der Waals surface area contributed by atoms with Crippen LogP contribution in [0.2, 0.25) is 10.0 Å². The predicted molar refractivity (Wildman–Crippen MR) is 159 cm³/mol. The maximum absolute atomic E-state index is 13.5. The predicted octanol–water partition coefficient (Wildman–Crippen LogP) is 7.48. The van der Waals surface area contributed by atoms with Crippen LogP contribution in [0.4, 0.5) is 4.79 Å². The normalized spacial score (nSPS) is 19.4. The van der Waals surface area contributed by atoms with Gasteiger partial charge in [0.25, 0.3) is 0 Å². The summed E-state index contributed by atoms with van der Waals surface area (Å²) in [5.41, 5.74) is 4.93. The summed E-state index contributed by atoms with van der Waals surface area (Å²) in [5.74, 6) is 1.38. The molecule has 2 aliphatic heterocycles. The Labute approximate surface area is 244 Å². The zero-order valence-corrected chi connectivity index (χ0v) is 24.0. The van der Waals surface area contributed by atoms with Crippen LogP contribution in [0.25, 0.3) is 10.9 Å². The second-order valence-corrected chi connectivity index (χ2v) is 11.7. The molecule has 4 aromatic rings. The molecule has 2 aliphatic rings. The van der Waals surface area contributed by atoms with Crippen molar-refractivity contribution in [3.8, 4) is 5.75 Å². The summed E-state index contributed by atoms with van der Waals surface area (Å²) >= 11 is 12.7. The number of benzene rings is 3. The number of hydrogen-bond acceptors (Lipinski definition) is 4. The molecule has 1 fully saturated rings. The highest BCUT2D eigenvalue weighted by Crippen LogP contribution is 2.40. The molecule has 0 radical (unpaired) electrons. The summed E-state index contributed by atoms with van der Waals surface area (Å²) in [6.45, 7) is 3.57. The van der Waals surface area contributed by atoms with Crippen molar-refractivity contribution < 1.29 is 14.3 Å². The zero-order chi connectivity index (χ0) is 27.6. The number of aromatic nitrogens is 1. The minimum atomic E-state index is -0.381. The Balaban J connectivity index is 1.26. The van der Waals surface area contributed by atoms with E-state index >= 15 is 0 Å². The number of H-pyrrole nitrogens is 1. The Bertz CT molecular complexity index is 1500. The summed E-state index contributed by atoms with van der Waals surface area (Å²) in [6, 6.07) is 21.0. The monoisotopic (exact) mass is 577 g/mol. The molecule has 0 aliphatic carbocycles. The maximum Gasteiger partial charge on any atom is 0.410 e. The number of nitrogens with one attached hydrogen (secondary N) is 1. The van der Waals surface area contributed by atoms with E-state index in [9.17, 15) is 4.79 Å². The molecule has 6 rings (SSSR count). The van der Waals surface area contributed by atoms with Crippen molar-refractivity contribution in [2.24, 2.45) is 5.92 Å². The van der Waals surface area contributed by atoms with Crippen molar-refractivity contribution >= 4 is 40.2 Å². The maximum atomic E-state index is 13.5. The number of fused-ring (bicyclic) bond motifs is 3. The quantitative estimate of drug-likeness (QED) is 0.258. The molecule has 2 atom stereocenters. The van der Waals surface area contributed by atoms with Gasteiger partial charge in [-0.2, -0.15) is 0 Å². The van der Waals surface area contributed by atoms with Crippen molar-refractivity contribution in [2.45, 2.75) is 31.9 Å². The summed E-state index contributed by atoms with van der Waals surface area (Å²) in [7, 11) is 2.17. The molecule has 40 heavy (non-hydrogen) atoms. The van der Waals surface area contributed by atoms with Gasteiger partial charge in [0.05, 0.1) is 6.61 Å². The Morgan fingerprint density at radius 2 is 1.88 bits per heavy atom. The number of rotatable bonds is 6. The van der Waals surface area contributed by atoms with E-state index in [1.165, 1.54) is 18.4 Å². The first-order valence-corrected chi connectivity index (χ1v) is 14.6. The van der Waals surface area contributed by atoms with E-state index in [2.05, 4.69) is 29.1 Å². The number of halogens is 2. The van der Waals surface area contributed by atoms with E-state index in [-0.39, 0.29) is 18.7 Å². The van der Waals surface area contributed by atoms with E-state index < -0.39 is 0 Å². The molecule has 3 aromatic carbocycles. The molecular weight excluding hydrogens is 545 g/mol. The Morgan fingerprint density at radius 3 is 2.67 bits per heavy atom. The molecular formula is C32H33Cl2N3O3. The lowest BCUT2D eigenvalue weighted by Gasteiger charge is -2.35. The van der Waals surface area contributed by atoms with E-state index in [0.29, 0.717) is 35.5 Å². The largest absolute Gasteiger partial charge is 0.493 e. The average molecular weight is 579 g/mol. The number of hydrogen-bond donors (Lipinski definition) is 1. The van der Waals surface area contributed by atoms with Crippen molar-refractivity contribution in [3.63, 3.8) is 0 Å². The fourth-order valence-electron chi connectivity index (χ4n) is 6.01. The molecule has 8 heteroatoms. The van der Waals surface area contributed by atoms with Crippen LogP contribution >= 0.6 is 23.2 Å². The van der Waals surface area contributed by atoms with Crippen molar-refractivity contribution in [3.05, 3.63) is 99.2 Å². The molecule has 3 heterocycles. The lowest BCUT2D eigenvalue weighted by molar-refractivity contribution is 0.0832. The third kappa shape index (κ3) is 5.67. The highest BCUT2D eigenvalue weighted by atomic mass is 35.5. The summed E-state index contributed by atoms with van der Waals surface area (Å²) in [4.78, 5) is 21.3. The fourth-order valence-corrected chi connectivity index (χ4v) is 6.37. The van der Waals surface area contributed by atoms with E-state index in [1.807, 2.05) is 48.5 Å². The number of aromatic amines is 1. The highest BCUT2D eigenvalue weighted by Gasteiger charge is 2.35. The van der Waals surface area contributed by atoms with Crippen LogP contribution in [0.15, 0.2) is 66.7 Å². The fraction of sp³-hybridized carbons (Fsp3) is 0.344. The molecule has 1 amide bonds. The van der Waals surface area contributed by atoms with Crippen molar-refractivity contribution in [1.29, 1.82) is 0 Å². The van der Waals surface area contributed by atoms with Crippen LogP contribution in [-0.2, 0) is 17.8 Å². The first-order chi connectivity index (χ1) is 19.5. The molecule has 0 saturated carbocycles. The molecule has 208 valence electrons. The Kier molecular flexibility index (Phi) is 7.92. The minimum absolute atomic E-state index is 0.111. The van der Waals surface area contributed by atoms with Gasteiger partial charge in [-0.25, -0.2) is 4.79 Å².